The van der Waals surface area contributed by atoms with Crippen LogP contribution in [0.4, 0.5) is 5.13 Å². The SMILES string of the molecule is CC[C@@H](C)C(=O)Nc1nc(-c2ccc3c(c2)OCO3)cs1. The molecule has 2 heterocycles. The second-order valence-corrected chi connectivity index (χ2v) is 5.76. The number of carbonyl (C=O) groups excluding carboxylic acids is 1. The Bertz CT molecular complexity index is 669. The summed E-state index contributed by atoms with van der Waals surface area (Å²) in [5.41, 5.74) is 1.76. The van der Waals surface area contributed by atoms with Crippen molar-refractivity contribution in [1.29, 1.82) is 0 Å². The minimum absolute atomic E-state index is 0.00378. The number of ether oxygens (including phenoxy) is 2. The summed E-state index contributed by atoms with van der Waals surface area (Å²) >= 11 is 1.42. The van der Waals surface area contributed by atoms with E-state index in [1.54, 1.807) is 0 Å². The Morgan fingerprint density at radius 2 is 2.24 bits per heavy atom. The fourth-order valence-corrected chi connectivity index (χ4v) is 2.66. The van der Waals surface area contributed by atoms with Gasteiger partial charge in [-0.15, -0.1) is 11.3 Å². The summed E-state index contributed by atoms with van der Waals surface area (Å²) in [7, 11) is 0. The summed E-state index contributed by atoms with van der Waals surface area (Å²) in [5.74, 6) is 1.47. The molecule has 21 heavy (non-hydrogen) atoms. The summed E-state index contributed by atoms with van der Waals surface area (Å²) in [6.07, 6.45) is 0.812. The number of rotatable bonds is 4. The van der Waals surface area contributed by atoms with E-state index in [0.29, 0.717) is 5.13 Å². The molecule has 1 aliphatic rings. The molecule has 0 radical (unpaired) electrons. The van der Waals surface area contributed by atoms with Crippen molar-refractivity contribution in [1.82, 2.24) is 4.98 Å². The molecule has 1 amide bonds. The van der Waals surface area contributed by atoms with Gasteiger partial charge in [-0.2, -0.15) is 0 Å². The molecule has 6 heteroatoms. The Balaban J connectivity index is 1.77. The minimum atomic E-state index is -0.0112. The van der Waals surface area contributed by atoms with Crippen LogP contribution in [-0.2, 0) is 4.79 Å². The molecular weight excluding hydrogens is 288 g/mol. The van der Waals surface area contributed by atoms with E-state index < -0.39 is 0 Å². The fourth-order valence-electron chi connectivity index (χ4n) is 1.93. The Morgan fingerprint density at radius 3 is 3.05 bits per heavy atom. The smallest absolute Gasteiger partial charge is 0.231 e. The van der Waals surface area contributed by atoms with Crippen molar-refractivity contribution in [2.75, 3.05) is 12.1 Å². The highest BCUT2D eigenvalue weighted by Crippen LogP contribution is 2.36. The molecule has 5 nitrogen and oxygen atoms in total. The fraction of sp³-hybridized carbons (Fsp3) is 0.333. The molecule has 0 fully saturated rings. The second kappa shape index (κ2) is 5.73. The van der Waals surface area contributed by atoms with Crippen LogP contribution in [0.5, 0.6) is 11.5 Å². The van der Waals surface area contributed by atoms with Crippen molar-refractivity contribution in [2.45, 2.75) is 20.3 Å². The van der Waals surface area contributed by atoms with Crippen LogP contribution in [0.25, 0.3) is 11.3 Å². The van der Waals surface area contributed by atoms with Crippen LogP contribution in [0.15, 0.2) is 23.6 Å². The lowest BCUT2D eigenvalue weighted by Gasteiger charge is -2.06. The van der Waals surface area contributed by atoms with Gasteiger partial charge in [-0.05, 0) is 24.6 Å². The molecule has 0 spiro atoms. The molecule has 0 saturated heterocycles. The first kappa shape index (κ1) is 13.9. The first-order valence-electron chi connectivity index (χ1n) is 6.83. The topological polar surface area (TPSA) is 60.5 Å². The third-order valence-corrected chi connectivity index (χ3v) is 4.22. The van der Waals surface area contributed by atoms with E-state index >= 15 is 0 Å². The lowest BCUT2D eigenvalue weighted by atomic mass is 10.1. The van der Waals surface area contributed by atoms with Crippen LogP contribution in [0, 0.1) is 5.92 Å². The van der Waals surface area contributed by atoms with E-state index in [1.807, 2.05) is 37.4 Å². The van der Waals surface area contributed by atoms with E-state index in [0.717, 1.165) is 29.2 Å². The molecule has 1 aliphatic heterocycles. The average Bonchev–Trinajstić information content (AvgIpc) is 3.14. The number of aromatic nitrogens is 1. The number of nitrogens with one attached hydrogen (secondary N) is 1. The number of nitrogens with zero attached hydrogens (tertiary/aromatic N) is 1. The largest absolute Gasteiger partial charge is 0.454 e. The number of hydrogen-bond acceptors (Lipinski definition) is 5. The number of amides is 1. The van der Waals surface area contributed by atoms with Gasteiger partial charge in [-0.1, -0.05) is 13.8 Å². The third kappa shape index (κ3) is 2.85. The van der Waals surface area contributed by atoms with Crippen molar-refractivity contribution in [3.63, 3.8) is 0 Å². The molecule has 0 aliphatic carbocycles. The van der Waals surface area contributed by atoms with Crippen LogP contribution in [-0.4, -0.2) is 17.7 Å². The Kier molecular flexibility index (Phi) is 3.79. The number of carbonyl (C=O) groups is 1. The Hall–Kier alpha value is -2.08. The van der Waals surface area contributed by atoms with E-state index in [4.69, 9.17) is 9.47 Å². The predicted octanol–water partition coefficient (Wildman–Crippen LogP) is 3.52. The van der Waals surface area contributed by atoms with E-state index in [2.05, 4.69) is 10.3 Å². The zero-order valence-corrected chi connectivity index (χ0v) is 12.7. The van der Waals surface area contributed by atoms with Gasteiger partial charge in [0.25, 0.3) is 0 Å². The molecule has 1 aromatic carbocycles. The average molecular weight is 304 g/mol. The number of hydrogen-bond donors (Lipinski definition) is 1. The first-order chi connectivity index (χ1) is 10.2. The van der Waals surface area contributed by atoms with Gasteiger partial charge in [-0.25, -0.2) is 4.98 Å². The lowest BCUT2D eigenvalue weighted by molar-refractivity contribution is -0.119. The predicted molar refractivity (Wildman–Crippen MR) is 81.8 cm³/mol. The maximum atomic E-state index is 11.9. The Morgan fingerprint density at radius 1 is 1.43 bits per heavy atom. The van der Waals surface area contributed by atoms with E-state index in [-0.39, 0.29) is 18.6 Å². The van der Waals surface area contributed by atoms with Crippen LogP contribution in [0.1, 0.15) is 20.3 Å². The van der Waals surface area contributed by atoms with Gasteiger partial charge in [0.1, 0.15) is 0 Å². The van der Waals surface area contributed by atoms with Gasteiger partial charge >= 0.3 is 0 Å². The summed E-state index contributed by atoms with van der Waals surface area (Å²) in [6, 6.07) is 5.70. The number of anilines is 1. The van der Waals surface area contributed by atoms with Gasteiger partial charge < -0.3 is 14.8 Å². The third-order valence-electron chi connectivity index (χ3n) is 3.46. The highest BCUT2D eigenvalue weighted by atomic mass is 32.1. The van der Waals surface area contributed by atoms with Crippen molar-refractivity contribution >= 4 is 22.4 Å². The van der Waals surface area contributed by atoms with Gasteiger partial charge in [-0.3, -0.25) is 4.79 Å². The number of benzene rings is 1. The molecule has 1 aromatic heterocycles. The second-order valence-electron chi connectivity index (χ2n) is 4.90. The molecule has 3 rings (SSSR count). The zero-order valence-electron chi connectivity index (χ0n) is 11.9. The zero-order chi connectivity index (χ0) is 14.8. The highest BCUT2D eigenvalue weighted by Gasteiger charge is 2.16. The maximum absolute atomic E-state index is 11.9. The lowest BCUT2D eigenvalue weighted by Crippen LogP contribution is -2.19. The van der Waals surface area contributed by atoms with Crippen molar-refractivity contribution in [3.8, 4) is 22.8 Å². The molecule has 1 N–H and O–H groups in total. The quantitative estimate of drug-likeness (QED) is 0.938. The normalized spacial score (nSPS) is 14.0. The summed E-state index contributed by atoms with van der Waals surface area (Å²) in [5, 5.41) is 5.39. The first-order valence-corrected chi connectivity index (χ1v) is 7.71. The summed E-state index contributed by atoms with van der Waals surface area (Å²) in [6.45, 7) is 4.15. The monoisotopic (exact) mass is 304 g/mol. The highest BCUT2D eigenvalue weighted by molar-refractivity contribution is 7.14. The molecule has 0 bridgehead atoms. The van der Waals surface area contributed by atoms with Crippen molar-refractivity contribution < 1.29 is 14.3 Å². The molecule has 1 atom stereocenters. The maximum Gasteiger partial charge on any atom is 0.231 e. The molecule has 0 unspecified atom stereocenters. The number of fused-ring (bicyclic) bond motifs is 1. The minimum Gasteiger partial charge on any atom is -0.454 e. The number of thiazole rings is 1. The summed E-state index contributed by atoms with van der Waals surface area (Å²) in [4.78, 5) is 16.3. The van der Waals surface area contributed by atoms with Gasteiger partial charge in [0.15, 0.2) is 16.6 Å². The molecule has 110 valence electrons. The van der Waals surface area contributed by atoms with Crippen LogP contribution < -0.4 is 14.8 Å². The molecule has 0 saturated carbocycles. The van der Waals surface area contributed by atoms with Crippen LogP contribution in [0.2, 0.25) is 0 Å². The van der Waals surface area contributed by atoms with Crippen LogP contribution in [0.3, 0.4) is 0 Å². The van der Waals surface area contributed by atoms with Gasteiger partial charge in [0, 0.05) is 16.9 Å². The molecule has 2 aromatic rings. The summed E-state index contributed by atoms with van der Waals surface area (Å²) < 4.78 is 10.7. The van der Waals surface area contributed by atoms with E-state index in [9.17, 15) is 4.79 Å². The van der Waals surface area contributed by atoms with Crippen molar-refractivity contribution in [3.05, 3.63) is 23.6 Å². The van der Waals surface area contributed by atoms with Crippen LogP contribution >= 0.6 is 11.3 Å². The van der Waals surface area contributed by atoms with E-state index in [1.165, 1.54) is 11.3 Å². The van der Waals surface area contributed by atoms with Gasteiger partial charge in [0.2, 0.25) is 12.7 Å². The van der Waals surface area contributed by atoms with Crippen molar-refractivity contribution in [2.24, 2.45) is 5.92 Å². The molecular formula is C15H16N2O3S. The van der Waals surface area contributed by atoms with Gasteiger partial charge in [0.05, 0.1) is 5.69 Å². The Labute approximate surface area is 126 Å². The standard InChI is InChI=1S/C15H16N2O3S/c1-3-9(2)14(18)17-15-16-11(7-21-15)10-4-5-12-13(6-10)20-8-19-12/h4-7,9H,3,8H2,1-2H3,(H,16,17,18)/t9-/m1/s1.